The number of aromatic nitrogens is 1. The first-order chi connectivity index (χ1) is 12.1. The Morgan fingerprint density at radius 2 is 2.32 bits per heavy atom. The molecule has 1 aliphatic carbocycles. The van der Waals surface area contributed by atoms with Crippen molar-refractivity contribution in [2.75, 3.05) is 13.2 Å². The molecule has 4 rings (SSSR count). The van der Waals surface area contributed by atoms with E-state index in [1.165, 1.54) is 0 Å². The Bertz CT molecular complexity index is 742. The van der Waals surface area contributed by atoms with Crippen LogP contribution in [0.4, 0.5) is 0 Å². The molecule has 0 saturated carbocycles. The van der Waals surface area contributed by atoms with E-state index in [1.807, 2.05) is 19.1 Å². The van der Waals surface area contributed by atoms with Gasteiger partial charge in [0, 0.05) is 30.2 Å². The van der Waals surface area contributed by atoms with Crippen molar-refractivity contribution < 1.29 is 23.8 Å². The van der Waals surface area contributed by atoms with Crippen LogP contribution in [0.2, 0.25) is 0 Å². The molecule has 2 N–H and O–H groups in total. The number of rotatable bonds is 5. The summed E-state index contributed by atoms with van der Waals surface area (Å²) in [6.45, 7) is 2.96. The Morgan fingerprint density at radius 3 is 3.04 bits per heavy atom. The van der Waals surface area contributed by atoms with Gasteiger partial charge in [0.25, 0.3) is 0 Å². The van der Waals surface area contributed by atoms with Crippen LogP contribution in [0, 0.1) is 6.92 Å². The van der Waals surface area contributed by atoms with Gasteiger partial charge < -0.3 is 24.0 Å². The van der Waals surface area contributed by atoms with E-state index in [1.54, 1.807) is 6.26 Å². The topological polar surface area (TPSA) is 84.7 Å². The molecule has 0 bridgehead atoms. The summed E-state index contributed by atoms with van der Waals surface area (Å²) in [7, 11) is 0. The molecule has 134 valence electrons. The van der Waals surface area contributed by atoms with Gasteiger partial charge in [0.15, 0.2) is 12.1 Å². The Hall–Kier alpha value is -1.89. The predicted molar refractivity (Wildman–Crippen MR) is 89.5 cm³/mol. The second-order valence-corrected chi connectivity index (χ2v) is 6.88. The summed E-state index contributed by atoms with van der Waals surface area (Å²) in [4.78, 5) is 15.8. The molecule has 0 radical (unpaired) electrons. The highest BCUT2D eigenvalue weighted by molar-refractivity contribution is 6.00. The van der Waals surface area contributed by atoms with E-state index in [0.29, 0.717) is 30.7 Å². The molecule has 6 nitrogen and oxygen atoms in total. The third-order valence-electron chi connectivity index (χ3n) is 5.18. The number of aliphatic hydroxyl groups is 1. The molecule has 0 amide bonds. The van der Waals surface area contributed by atoms with Crippen molar-refractivity contribution in [2.24, 2.45) is 0 Å². The minimum Gasteiger partial charge on any atom is -0.469 e. The number of furan rings is 1. The van der Waals surface area contributed by atoms with Crippen LogP contribution in [-0.2, 0) is 15.9 Å². The number of aromatic amines is 1. The molecule has 1 aliphatic heterocycles. The molecule has 1 saturated heterocycles. The monoisotopic (exact) mass is 345 g/mol. The molecule has 2 aromatic heterocycles. The van der Waals surface area contributed by atoms with Gasteiger partial charge in [-0.05, 0) is 43.9 Å². The van der Waals surface area contributed by atoms with Crippen LogP contribution in [0.3, 0.4) is 0 Å². The summed E-state index contributed by atoms with van der Waals surface area (Å²) in [6, 6.07) is 3.74. The van der Waals surface area contributed by atoms with Crippen molar-refractivity contribution in [3.63, 3.8) is 0 Å². The quantitative estimate of drug-likeness (QED) is 0.814. The van der Waals surface area contributed by atoms with Gasteiger partial charge in [-0.2, -0.15) is 0 Å². The number of hydrogen-bond donors (Lipinski definition) is 2. The van der Waals surface area contributed by atoms with Gasteiger partial charge in [-0.15, -0.1) is 0 Å². The van der Waals surface area contributed by atoms with E-state index in [4.69, 9.17) is 13.9 Å². The van der Waals surface area contributed by atoms with Crippen molar-refractivity contribution >= 4 is 5.78 Å². The molecule has 1 fully saturated rings. The van der Waals surface area contributed by atoms with Gasteiger partial charge in [-0.3, -0.25) is 4.79 Å². The highest BCUT2D eigenvalue weighted by Gasteiger charge is 2.33. The number of fused-ring (bicyclic) bond motifs is 1. The number of nitrogens with one attached hydrogen (secondary N) is 1. The minimum atomic E-state index is -1.08. The van der Waals surface area contributed by atoms with E-state index in [9.17, 15) is 9.90 Å². The molecular weight excluding hydrogens is 322 g/mol. The lowest BCUT2D eigenvalue weighted by Gasteiger charge is -2.19. The maximum Gasteiger partial charge on any atom is 0.196 e. The Balaban J connectivity index is 1.51. The highest BCUT2D eigenvalue weighted by atomic mass is 16.6. The number of aliphatic hydroxyl groups excluding tert-OH is 1. The number of Topliss-reactive ketones (excluding diaryl/α,β-unsaturated/α-hetero) is 1. The van der Waals surface area contributed by atoms with E-state index in [0.717, 1.165) is 36.5 Å². The number of hydrogen-bond acceptors (Lipinski definition) is 5. The molecule has 6 heteroatoms. The third-order valence-corrected chi connectivity index (χ3v) is 5.18. The summed E-state index contributed by atoms with van der Waals surface area (Å²) >= 11 is 0. The van der Waals surface area contributed by atoms with Crippen LogP contribution in [0.5, 0.6) is 0 Å². The zero-order valence-corrected chi connectivity index (χ0v) is 14.3. The predicted octanol–water partition coefficient (Wildman–Crippen LogP) is 3.02. The first-order valence-electron chi connectivity index (χ1n) is 8.82. The van der Waals surface area contributed by atoms with E-state index >= 15 is 0 Å². The van der Waals surface area contributed by atoms with Gasteiger partial charge in [-0.1, -0.05) is 0 Å². The molecule has 2 aromatic rings. The summed E-state index contributed by atoms with van der Waals surface area (Å²) in [5.41, 5.74) is 2.89. The van der Waals surface area contributed by atoms with E-state index < -0.39 is 6.29 Å². The molecular formula is C19H23NO5. The van der Waals surface area contributed by atoms with Crippen LogP contribution < -0.4 is 0 Å². The maximum atomic E-state index is 12.6. The molecule has 25 heavy (non-hydrogen) atoms. The zero-order chi connectivity index (χ0) is 17.4. The van der Waals surface area contributed by atoms with E-state index in [-0.39, 0.29) is 17.8 Å². The van der Waals surface area contributed by atoms with Crippen LogP contribution in [-0.4, -0.2) is 35.2 Å². The van der Waals surface area contributed by atoms with Crippen molar-refractivity contribution in [1.82, 2.24) is 4.98 Å². The average Bonchev–Trinajstić information content (AvgIpc) is 3.34. The van der Waals surface area contributed by atoms with Gasteiger partial charge in [0.1, 0.15) is 5.76 Å². The number of carbonyl (C=O) groups excluding carboxylic acids is 1. The standard InChI is InChI=1S/C19H23NO5/c1-11-17-14(8-12(9-15(17)21)16-5-3-7-24-16)20-18(11)19(22)25-10-13-4-2-6-23-13/h3,5,7,12-13,19-20,22H,2,4,6,8-10H2,1H3. The fraction of sp³-hybridized carbons (Fsp3) is 0.526. The SMILES string of the molecule is Cc1c(C(O)OCC2CCCO2)[nH]c2c1C(=O)CC(c1ccco1)C2. The first kappa shape index (κ1) is 16.6. The van der Waals surface area contributed by atoms with Crippen LogP contribution in [0.25, 0.3) is 0 Å². The largest absolute Gasteiger partial charge is 0.469 e. The van der Waals surface area contributed by atoms with Crippen molar-refractivity contribution in [3.8, 4) is 0 Å². The first-order valence-corrected chi connectivity index (χ1v) is 8.82. The Labute approximate surface area is 146 Å². The van der Waals surface area contributed by atoms with Crippen LogP contribution in [0.1, 0.15) is 64.5 Å². The number of H-pyrrole nitrogens is 1. The number of ketones is 1. The lowest BCUT2D eigenvalue weighted by molar-refractivity contribution is -0.129. The van der Waals surface area contributed by atoms with Crippen LogP contribution >= 0.6 is 0 Å². The average molecular weight is 345 g/mol. The smallest absolute Gasteiger partial charge is 0.196 e. The summed E-state index contributed by atoms with van der Waals surface area (Å²) in [5.74, 6) is 0.933. The van der Waals surface area contributed by atoms with Crippen molar-refractivity contribution in [1.29, 1.82) is 0 Å². The number of ether oxygens (including phenoxy) is 2. The molecule has 3 atom stereocenters. The van der Waals surface area contributed by atoms with Gasteiger partial charge in [0.05, 0.1) is 24.7 Å². The highest BCUT2D eigenvalue weighted by Crippen LogP contribution is 2.36. The summed E-state index contributed by atoms with van der Waals surface area (Å²) in [5, 5.41) is 10.4. The Morgan fingerprint density at radius 1 is 1.44 bits per heavy atom. The third kappa shape index (κ3) is 3.17. The molecule has 0 spiro atoms. The Kier molecular flexibility index (Phi) is 4.50. The zero-order valence-electron chi connectivity index (χ0n) is 14.3. The summed E-state index contributed by atoms with van der Waals surface area (Å²) in [6.07, 6.45) is 3.69. The van der Waals surface area contributed by atoms with Crippen LogP contribution in [0.15, 0.2) is 22.8 Å². The molecule has 2 aliphatic rings. The lowest BCUT2D eigenvalue weighted by atomic mass is 9.84. The molecule has 0 aromatic carbocycles. The normalized spacial score (nSPS) is 24.5. The van der Waals surface area contributed by atoms with Crippen molar-refractivity contribution in [3.05, 3.63) is 46.7 Å². The fourth-order valence-electron chi connectivity index (χ4n) is 3.88. The fourth-order valence-corrected chi connectivity index (χ4v) is 3.88. The van der Waals surface area contributed by atoms with Gasteiger partial charge in [0.2, 0.25) is 0 Å². The van der Waals surface area contributed by atoms with Gasteiger partial charge in [-0.25, -0.2) is 0 Å². The maximum absolute atomic E-state index is 12.6. The minimum absolute atomic E-state index is 0.0332. The van der Waals surface area contributed by atoms with Crippen molar-refractivity contribution in [2.45, 2.75) is 50.9 Å². The molecule has 3 heterocycles. The second-order valence-electron chi connectivity index (χ2n) is 6.88. The van der Waals surface area contributed by atoms with E-state index in [2.05, 4.69) is 4.98 Å². The second kappa shape index (κ2) is 6.78. The summed E-state index contributed by atoms with van der Waals surface area (Å²) < 4.78 is 16.5. The molecule has 3 unspecified atom stereocenters. The lowest BCUT2D eigenvalue weighted by Crippen LogP contribution is -2.18. The van der Waals surface area contributed by atoms with Gasteiger partial charge >= 0.3 is 0 Å². The number of carbonyl (C=O) groups is 1.